The molecule has 0 aliphatic heterocycles. The van der Waals surface area contributed by atoms with E-state index in [0.29, 0.717) is 5.56 Å². The molecular weight excluding hydrogens is 208 g/mol. The monoisotopic (exact) mass is 218 g/mol. The Bertz CT molecular complexity index is 418. The molecule has 0 amide bonds. The van der Waals surface area contributed by atoms with Crippen molar-refractivity contribution in [1.82, 2.24) is 0 Å². The van der Waals surface area contributed by atoms with Gasteiger partial charge in [-0.15, -0.1) is 0 Å². The molecule has 1 rings (SSSR count). The van der Waals surface area contributed by atoms with Crippen LogP contribution in [0.25, 0.3) is 0 Å². The number of allylic oxidation sites excluding steroid dienone is 2. The van der Waals surface area contributed by atoms with Gasteiger partial charge in [0.2, 0.25) is 0 Å². The largest absolute Gasteiger partial charge is 0.478 e. The molecule has 4 heteroatoms. The summed E-state index contributed by atoms with van der Waals surface area (Å²) in [7, 11) is 0. The molecule has 0 bridgehead atoms. The van der Waals surface area contributed by atoms with Crippen LogP contribution in [0, 0.1) is 0 Å². The van der Waals surface area contributed by atoms with Gasteiger partial charge in [-0.25, -0.2) is 9.59 Å². The highest BCUT2D eigenvalue weighted by Crippen LogP contribution is 2.00. The molecular formula is C12H10O4. The van der Waals surface area contributed by atoms with Gasteiger partial charge in [0.15, 0.2) is 0 Å². The van der Waals surface area contributed by atoms with E-state index in [1.165, 1.54) is 12.2 Å². The summed E-state index contributed by atoms with van der Waals surface area (Å²) in [5, 5.41) is 8.27. The second kappa shape index (κ2) is 6.19. The molecule has 0 fully saturated rings. The molecule has 16 heavy (non-hydrogen) atoms. The smallest absolute Gasteiger partial charge is 0.342 e. The minimum absolute atomic E-state index is 0.439. The van der Waals surface area contributed by atoms with Gasteiger partial charge in [0.25, 0.3) is 0 Å². The van der Waals surface area contributed by atoms with Crippen LogP contribution < -0.4 is 0 Å². The van der Waals surface area contributed by atoms with E-state index in [2.05, 4.69) is 0 Å². The number of rotatable bonds is 4. The molecule has 0 saturated carbocycles. The van der Waals surface area contributed by atoms with Crippen LogP contribution >= 0.6 is 0 Å². The molecule has 0 atom stereocenters. The third kappa shape index (κ3) is 4.23. The minimum atomic E-state index is -1.06. The number of ether oxygens (including phenoxy) is 1. The highest BCUT2D eigenvalue weighted by Gasteiger charge is 2.02. The summed E-state index contributed by atoms with van der Waals surface area (Å²) in [5.74, 6) is -1.54. The van der Waals surface area contributed by atoms with Gasteiger partial charge in [-0.05, 0) is 18.2 Å². The topological polar surface area (TPSA) is 63.6 Å². The molecule has 0 radical (unpaired) electrons. The summed E-state index contributed by atoms with van der Waals surface area (Å²) >= 11 is 0. The number of carbonyl (C=O) groups is 2. The first-order valence-corrected chi connectivity index (χ1v) is 4.52. The van der Waals surface area contributed by atoms with Crippen molar-refractivity contribution in [3.63, 3.8) is 0 Å². The molecule has 0 aromatic heterocycles. The number of benzene rings is 1. The second-order valence-corrected chi connectivity index (χ2v) is 2.80. The van der Waals surface area contributed by atoms with Crippen LogP contribution in [0.4, 0.5) is 0 Å². The van der Waals surface area contributed by atoms with Crippen LogP contribution in [0.15, 0.2) is 54.8 Å². The zero-order valence-corrected chi connectivity index (χ0v) is 8.37. The Kier molecular flexibility index (Phi) is 4.53. The first-order valence-electron chi connectivity index (χ1n) is 4.52. The van der Waals surface area contributed by atoms with Crippen LogP contribution in [-0.2, 0) is 9.53 Å². The molecule has 1 aromatic carbocycles. The third-order valence-electron chi connectivity index (χ3n) is 1.61. The van der Waals surface area contributed by atoms with Crippen molar-refractivity contribution in [1.29, 1.82) is 0 Å². The van der Waals surface area contributed by atoms with Crippen LogP contribution in [0.1, 0.15) is 10.4 Å². The Morgan fingerprint density at radius 3 is 2.44 bits per heavy atom. The van der Waals surface area contributed by atoms with Crippen molar-refractivity contribution < 1.29 is 19.4 Å². The van der Waals surface area contributed by atoms with Crippen molar-refractivity contribution in [2.45, 2.75) is 0 Å². The number of carboxylic acid groups (broad SMARTS) is 1. The van der Waals surface area contributed by atoms with Gasteiger partial charge in [0.1, 0.15) is 0 Å². The maximum absolute atomic E-state index is 11.3. The van der Waals surface area contributed by atoms with E-state index in [-0.39, 0.29) is 0 Å². The lowest BCUT2D eigenvalue weighted by atomic mass is 10.2. The van der Waals surface area contributed by atoms with Gasteiger partial charge in [0.05, 0.1) is 11.8 Å². The average Bonchev–Trinajstić information content (AvgIpc) is 2.29. The lowest BCUT2D eigenvalue weighted by Gasteiger charge is -1.97. The second-order valence-electron chi connectivity index (χ2n) is 2.80. The Balaban J connectivity index is 2.45. The van der Waals surface area contributed by atoms with Gasteiger partial charge in [-0.3, -0.25) is 0 Å². The Labute approximate surface area is 92.5 Å². The predicted molar refractivity (Wildman–Crippen MR) is 57.8 cm³/mol. The lowest BCUT2D eigenvalue weighted by Crippen LogP contribution is -1.99. The highest BCUT2D eigenvalue weighted by molar-refractivity contribution is 5.89. The first-order chi connectivity index (χ1) is 7.70. The number of aliphatic carboxylic acids is 1. The quantitative estimate of drug-likeness (QED) is 0.363. The summed E-state index contributed by atoms with van der Waals surface area (Å²) in [6.45, 7) is 0. The maximum atomic E-state index is 11.3. The molecule has 82 valence electrons. The molecule has 0 heterocycles. The number of carbonyl (C=O) groups excluding carboxylic acids is 1. The van der Waals surface area contributed by atoms with Gasteiger partial charge < -0.3 is 9.84 Å². The van der Waals surface area contributed by atoms with Gasteiger partial charge in [-0.1, -0.05) is 24.3 Å². The highest BCUT2D eigenvalue weighted by atomic mass is 16.5. The van der Waals surface area contributed by atoms with E-state index in [4.69, 9.17) is 9.84 Å². The number of hydrogen-bond donors (Lipinski definition) is 1. The molecule has 0 aliphatic rings. The van der Waals surface area contributed by atoms with Crippen molar-refractivity contribution in [2.75, 3.05) is 0 Å². The van der Waals surface area contributed by atoms with Crippen molar-refractivity contribution in [3.8, 4) is 0 Å². The fourth-order valence-electron chi connectivity index (χ4n) is 0.927. The standard InChI is InChI=1S/C12H10O4/c13-11(14)8-4-5-9-16-12(15)10-6-2-1-3-7-10/h1-9H,(H,13,14). The Hall–Kier alpha value is -2.36. The van der Waals surface area contributed by atoms with Gasteiger partial charge >= 0.3 is 11.9 Å². The predicted octanol–water partition coefficient (Wildman–Crippen LogP) is 2.00. The summed E-state index contributed by atoms with van der Waals surface area (Å²) in [6, 6.07) is 8.50. The molecule has 0 spiro atoms. The summed E-state index contributed by atoms with van der Waals surface area (Å²) in [5.41, 5.74) is 0.439. The van der Waals surface area contributed by atoms with Crippen molar-refractivity contribution in [3.05, 3.63) is 60.4 Å². The third-order valence-corrected chi connectivity index (χ3v) is 1.61. The van der Waals surface area contributed by atoms with E-state index in [0.717, 1.165) is 12.3 Å². The van der Waals surface area contributed by atoms with Gasteiger partial charge in [0, 0.05) is 6.08 Å². The van der Waals surface area contributed by atoms with Crippen LogP contribution in [0.5, 0.6) is 0 Å². The van der Waals surface area contributed by atoms with E-state index >= 15 is 0 Å². The van der Waals surface area contributed by atoms with Crippen LogP contribution in [0.2, 0.25) is 0 Å². The summed E-state index contributed by atoms with van der Waals surface area (Å²) < 4.78 is 4.75. The molecule has 4 nitrogen and oxygen atoms in total. The zero-order chi connectivity index (χ0) is 11.8. The number of carboxylic acids is 1. The Morgan fingerprint density at radius 1 is 1.12 bits per heavy atom. The normalized spacial score (nSPS) is 10.8. The van der Waals surface area contributed by atoms with Crippen LogP contribution in [0.3, 0.4) is 0 Å². The lowest BCUT2D eigenvalue weighted by molar-refractivity contribution is -0.131. The molecule has 1 N–H and O–H groups in total. The van der Waals surface area contributed by atoms with E-state index < -0.39 is 11.9 Å². The Morgan fingerprint density at radius 2 is 1.81 bits per heavy atom. The first kappa shape index (κ1) is 11.7. The van der Waals surface area contributed by atoms with Gasteiger partial charge in [-0.2, -0.15) is 0 Å². The van der Waals surface area contributed by atoms with E-state index in [1.807, 2.05) is 0 Å². The van der Waals surface area contributed by atoms with E-state index in [1.54, 1.807) is 30.3 Å². The van der Waals surface area contributed by atoms with Crippen LogP contribution in [-0.4, -0.2) is 17.0 Å². The number of esters is 1. The molecule has 0 saturated heterocycles. The zero-order valence-electron chi connectivity index (χ0n) is 8.37. The maximum Gasteiger partial charge on any atom is 0.342 e. The molecule has 1 aromatic rings. The summed E-state index contributed by atoms with van der Waals surface area (Å²) in [4.78, 5) is 21.4. The fraction of sp³-hybridized carbons (Fsp3) is 0. The average molecular weight is 218 g/mol. The SMILES string of the molecule is O=C(O)C=CC=COC(=O)c1ccccc1. The van der Waals surface area contributed by atoms with Crippen molar-refractivity contribution >= 4 is 11.9 Å². The number of hydrogen-bond acceptors (Lipinski definition) is 3. The molecule has 0 aliphatic carbocycles. The summed E-state index contributed by atoms with van der Waals surface area (Å²) in [6.07, 6.45) is 4.66. The minimum Gasteiger partial charge on any atom is -0.478 e. The van der Waals surface area contributed by atoms with E-state index in [9.17, 15) is 9.59 Å². The van der Waals surface area contributed by atoms with Crippen molar-refractivity contribution in [2.24, 2.45) is 0 Å². The molecule has 0 unspecified atom stereocenters. The fourth-order valence-corrected chi connectivity index (χ4v) is 0.927.